The van der Waals surface area contributed by atoms with Crippen molar-refractivity contribution in [3.05, 3.63) is 47.8 Å². The number of nitrogens with zero attached hydrogens (tertiary/aromatic N) is 2. The van der Waals surface area contributed by atoms with E-state index in [0.29, 0.717) is 31.7 Å². The molecule has 1 aromatic carbocycles. The number of aromatic hydroxyl groups is 1. The Morgan fingerprint density at radius 2 is 1.80 bits per heavy atom. The number of aromatic nitrogens is 1. The number of hydrogen-bond acceptors (Lipinski definition) is 4. The van der Waals surface area contributed by atoms with Crippen molar-refractivity contribution in [1.29, 1.82) is 0 Å². The number of carbonyl (C=O) groups excluding carboxylic acids is 1. The van der Waals surface area contributed by atoms with E-state index in [0.717, 1.165) is 12.1 Å². The number of benzene rings is 1. The number of hydrogen-bond donors (Lipinski definition) is 2. The highest BCUT2D eigenvalue weighted by Crippen LogP contribution is 2.34. The van der Waals surface area contributed by atoms with E-state index in [4.69, 9.17) is 0 Å². The summed E-state index contributed by atoms with van der Waals surface area (Å²) in [5.74, 6) is -0.605. The second-order valence-corrected chi connectivity index (χ2v) is 5.77. The van der Waals surface area contributed by atoms with Crippen LogP contribution in [0.25, 0.3) is 11.1 Å². The summed E-state index contributed by atoms with van der Waals surface area (Å²) in [5, 5.41) is 12.6. The molecule has 1 aliphatic heterocycles. The molecule has 1 aliphatic rings. The van der Waals surface area contributed by atoms with Gasteiger partial charge in [-0.2, -0.15) is 13.2 Å². The number of amides is 1. The Balaban J connectivity index is 2.05. The Morgan fingerprint density at radius 1 is 1.08 bits per heavy atom. The minimum atomic E-state index is -4.58. The number of pyridine rings is 1. The molecule has 1 saturated heterocycles. The second-order valence-electron chi connectivity index (χ2n) is 5.77. The quantitative estimate of drug-likeness (QED) is 0.873. The van der Waals surface area contributed by atoms with Crippen molar-refractivity contribution in [1.82, 2.24) is 15.2 Å². The third kappa shape index (κ3) is 3.90. The van der Waals surface area contributed by atoms with Gasteiger partial charge in [-0.05, 0) is 29.8 Å². The van der Waals surface area contributed by atoms with Crippen LogP contribution in [-0.4, -0.2) is 47.1 Å². The van der Waals surface area contributed by atoms with Gasteiger partial charge in [0.25, 0.3) is 5.91 Å². The molecule has 132 valence electrons. The van der Waals surface area contributed by atoms with Crippen molar-refractivity contribution >= 4 is 5.91 Å². The van der Waals surface area contributed by atoms with E-state index in [1.165, 1.54) is 29.4 Å². The molecule has 0 spiro atoms. The molecule has 8 heteroatoms. The van der Waals surface area contributed by atoms with Gasteiger partial charge in [0.15, 0.2) is 0 Å². The summed E-state index contributed by atoms with van der Waals surface area (Å²) in [7, 11) is 0. The van der Waals surface area contributed by atoms with Gasteiger partial charge in [-0.25, -0.2) is 0 Å². The molecule has 1 amide bonds. The number of nitrogens with one attached hydrogen (secondary N) is 1. The molecular weight excluding hydrogens is 335 g/mol. The summed E-state index contributed by atoms with van der Waals surface area (Å²) >= 11 is 0. The number of piperazine rings is 1. The van der Waals surface area contributed by atoms with Crippen LogP contribution < -0.4 is 5.32 Å². The van der Waals surface area contributed by atoms with Gasteiger partial charge in [0.05, 0.1) is 11.8 Å². The highest BCUT2D eigenvalue weighted by Gasteiger charge is 2.32. The van der Waals surface area contributed by atoms with Crippen molar-refractivity contribution in [2.24, 2.45) is 0 Å². The fourth-order valence-electron chi connectivity index (χ4n) is 2.72. The maximum absolute atomic E-state index is 13.2. The monoisotopic (exact) mass is 351 g/mol. The smallest absolute Gasteiger partial charge is 0.416 e. The third-order valence-corrected chi connectivity index (χ3v) is 3.97. The molecule has 0 bridgehead atoms. The van der Waals surface area contributed by atoms with Gasteiger partial charge in [-0.3, -0.25) is 9.78 Å². The lowest BCUT2D eigenvalue weighted by Gasteiger charge is -2.28. The largest absolute Gasteiger partial charge is 0.506 e. The third-order valence-electron chi connectivity index (χ3n) is 3.97. The predicted octanol–water partition coefficient (Wildman–Crippen LogP) is 2.52. The molecule has 0 unspecified atom stereocenters. The Bertz CT molecular complexity index is 787. The van der Waals surface area contributed by atoms with Gasteiger partial charge in [0, 0.05) is 43.5 Å². The van der Waals surface area contributed by atoms with Crippen LogP contribution in [0.5, 0.6) is 5.75 Å². The van der Waals surface area contributed by atoms with Gasteiger partial charge in [-0.1, -0.05) is 0 Å². The summed E-state index contributed by atoms with van der Waals surface area (Å²) < 4.78 is 39.7. The van der Waals surface area contributed by atoms with E-state index in [-0.39, 0.29) is 16.9 Å². The van der Waals surface area contributed by atoms with Crippen molar-refractivity contribution in [2.75, 3.05) is 26.2 Å². The Morgan fingerprint density at radius 3 is 2.44 bits per heavy atom. The average Bonchev–Trinajstić information content (AvgIpc) is 2.61. The molecule has 1 fully saturated rings. The zero-order chi connectivity index (χ0) is 18.0. The molecule has 3 rings (SSSR count). The predicted molar refractivity (Wildman–Crippen MR) is 85.1 cm³/mol. The first-order valence-electron chi connectivity index (χ1n) is 7.71. The summed E-state index contributed by atoms with van der Waals surface area (Å²) in [6.07, 6.45) is -2.06. The molecule has 25 heavy (non-hydrogen) atoms. The molecule has 5 nitrogen and oxygen atoms in total. The van der Waals surface area contributed by atoms with Crippen LogP contribution in [0.1, 0.15) is 15.9 Å². The Kier molecular flexibility index (Phi) is 4.63. The first-order valence-corrected chi connectivity index (χ1v) is 7.71. The minimum absolute atomic E-state index is 0.0323. The van der Waals surface area contributed by atoms with E-state index < -0.39 is 17.6 Å². The topological polar surface area (TPSA) is 65.5 Å². The molecule has 0 saturated carbocycles. The van der Waals surface area contributed by atoms with Gasteiger partial charge in [0.1, 0.15) is 5.75 Å². The lowest BCUT2D eigenvalue weighted by molar-refractivity contribution is -0.137. The SMILES string of the molecule is O=C(c1cc(-c2cncc(O)c2)cc(C(F)(F)F)c1)N1CCNCC1. The number of rotatable bonds is 2. The fraction of sp³-hybridized carbons (Fsp3) is 0.294. The summed E-state index contributed by atoms with van der Waals surface area (Å²) in [6.45, 7) is 2.10. The zero-order valence-corrected chi connectivity index (χ0v) is 13.2. The number of alkyl halides is 3. The standard InChI is InChI=1S/C17H16F3N3O2/c18-17(19,20)14-6-11(13-8-15(24)10-22-9-13)5-12(7-14)16(25)23-3-1-21-2-4-23/h5-10,21,24H,1-4H2. The van der Waals surface area contributed by atoms with Gasteiger partial charge in [-0.15, -0.1) is 0 Å². The van der Waals surface area contributed by atoms with Crippen molar-refractivity contribution < 1.29 is 23.1 Å². The van der Waals surface area contributed by atoms with E-state index in [1.54, 1.807) is 0 Å². The van der Waals surface area contributed by atoms with Crippen molar-refractivity contribution in [3.8, 4) is 16.9 Å². The van der Waals surface area contributed by atoms with E-state index in [9.17, 15) is 23.1 Å². The molecule has 2 aromatic rings. The lowest BCUT2D eigenvalue weighted by Crippen LogP contribution is -2.46. The van der Waals surface area contributed by atoms with Crippen LogP contribution in [0.3, 0.4) is 0 Å². The van der Waals surface area contributed by atoms with Gasteiger partial charge < -0.3 is 15.3 Å². The first kappa shape index (κ1) is 17.2. The van der Waals surface area contributed by atoms with Gasteiger partial charge >= 0.3 is 6.18 Å². The number of halogens is 3. The molecule has 2 N–H and O–H groups in total. The Hall–Kier alpha value is -2.61. The minimum Gasteiger partial charge on any atom is -0.506 e. The molecule has 0 aliphatic carbocycles. The van der Waals surface area contributed by atoms with E-state index in [1.807, 2.05) is 0 Å². The summed E-state index contributed by atoms with van der Waals surface area (Å²) in [5.41, 5.74) is -0.459. The fourth-order valence-corrected chi connectivity index (χ4v) is 2.72. The van der Waals surface area contributed by atoms with E-state index in [2.05, 4.69) is 10.3 Å². The molecule has 2 heterocycles. The lowest BCUT2D eigenvalue weighted by atomic mass is 9.99. The van der Waals surface area contributed by atoms with E-state index >= 15 is 0 Å². The van der Waals surface area contributed by atoms with Crippen LogP contribution in [0.15, 0.2) is 36.7 Å². The van der Waals surface area contributed by atoms with Crippen LogP contribution in [0.4, 0.5) is 13.2 Å². The normalized spacial score (nSPS) is 15.2. The highest BCUT2D eigenvalue weighted by atomic mass is 19.4. The van der Waals surface area contributed by atoms with Crippen molar-refractivity contribution in [3.63, 3.8) is 0 Å². The average molecular weight is 351 g/mol. The maximum atomic E-state index is 13.2. The first-order chi connectivity index (χ1) is 11.8. The number of carbonyl (C=O) groups is 1. The Labute approximate surface area is 142 Å². The van der Waals surface area contributed by atoms with Crippen molar-refractivity contribution in [2.45, 2.75) is 6.18 Å². The molecule has 1 aromatic heterocycles. The second kappa shape index (κ2) is 6.72. The molecular formula is C17H16F3N3O2. The van der Waals surface area contributed by atoms with Gasteiger partial charge in [0.2, 0.25) is 0 Å². The zero-order valence-electron chi connectivity index (χ0n) is 13.2. The summed E-state index contributed by atoms with van der Waals surface area (Å²) in [6, 6.07) is 4.52. The summed E-state index contributed by atoms with van der Waals surface area (Å²) in [4.78, 5) is 17.9. The van der Waals surface area contributed by atoms with Crippen LogP contribution in [0, 0.1) is 0 Å². The maximum Gasteiger partial charge on any atom is 0.416 e. The van der Waals surface area contributed by atoms with Crippen LogP contribution in [-0.2, 0) is 6.18 Å². The van der Waals surface area contributed by atoms with Crippen LogP contribution in [0.2, 0.25) is 0 Å². The van der Waals surface area contributed by atoms with Crippen LogP contribution >= 0.6 is 0 Å². The molecule has 0 radical (unpaired) electrons. The highest BCUT2D eigenvalue weighted by molar-refractivity contribution is 5.96. The molecule has 0 atom stereocenters.